The van der Waals surface area contributed by atoms with E-state index < -0.39 is 10.0 Å². The first-order valence-corrected chi connectivity index (χ1v) is 8.06. The number of carbonyl (C=O) groups excluding carboxylic acids is 1. The van der Waals surface area contributed by atoms with Crippen molar-refractivity contribution in [1.29, 1.82) is 0 Å². The fourth-order valence-electron chi connectivity index (χ4n) is 2.12. The summed E-state index contributed by atoms with van der Waals surface area (Å²) < 4.78 is 26.6. The molecule has 0 saturated heterocycles. The molecule has 2 rings (SSSR count). The summed E-state index contributed by atoms with van der Waals surface area (Å²) in [6.07, 6.45) is 2.83. The molecule has 0 aromatic carbocycles. The monoisotopic (exact) mass is 301 g/mol. The quantitative estimate of drug-likeness (QED) is 0.813. The van der Waals surface area contributed by atoms with E-state index in [0.717, 1.165) is 5.69 Å². The summed E-state index contributed by atoms with van der Waals surface area (Å²) in [6.45, 7) is 0.954. The highest BCUT2D eigenvalue weighted by molar-refractivity contribution is 7.88. The number of hydrogen-bond donors (Lipinski definition) is 1. The molecule has 1 aromatic rings. The van der Waals surface area contributed by atoms with Gasteiger partial charge in [-0.1, -0.05) is 0 Å². The van der Waals surface area contributed by atoms with Crippen LogP contribution in [-0.4, -0.2) is 66.9 Å². The molecule has 0 radical (unpaired) electrons. The number of sulfonamides is 1. The molecule has 0 bridgehead atoms. The topological polar surface area (TPSA) is 87.5 Å². The number of nitrogens with one attached hydrogen (secondary N) is 1. The predicted molar refractivity (Wildman–Crippen MR) is 73.6 cm³/mol. The van der Waals surface area contributed by atoms with Crippen molar-refractivity contribution in [3.8, 4) is 0 Å². The fraction of sp³-hybridized carbons (Fsp3) is 0.636. The van der Waals surface area contributed by atoms with Crippen LogP contribution in [0.2, 0.25) is 0 Å². The van der Waals surface area contributed by atoms with E-state index in [0.29, 0.717) is 19.6 Å². The Balaban J connectivity index is 2.14. The number of urea groups is 1. The number of hydrogen-bond acceptors (Lipinski definition) is 4. The van der Waals surface area contributed by atoms with Crippen molar-refractivity contribution in [2.45, 2.75) is 12.6 Å². The standard InChI is InChI=1S/C11H19N5O3S/c1-14(2)11(17)12-6-10-8-15(20(3,18)19)7-9-4-5-13-16(9)10/h4-5,10H,6-8H2,1-3H3,(H,12,17)/t10-/m0/s1. The minimum atomic E-state index is -3.27. The van der Waals surface area contributed by atoms with Crippen LogP contribution in [0, 0.1) is 0 Å². The van der Waals surface area contributed by atoms with Gasteiger partial charge in [0.05, 0.1) is 24.5 Å². The number of nitrogens with zero attached hydrogens (tertiary/aromatic N) is 4. The first-order valence-electron chi connectivity index (χ1n) is 6.21. The van der Waals surface area contributed by atoms with E-state index in [1.165, 1.54) is 15.5 Å². The van der Waals surface area contributed by atoms with Gasteiger partial charge in [0.2, 0.25) is 10.0 Å². The highest BCUT2D eigenvalue weighted by atomic mass is 32.2. The summed E-state index contributed by atoms with van der Waals surface area (Å²) in [5.41, 5.74) is 0.825. The maximum Gasteiger partial charge on any atom is 0.316 e. The SMILES string of the molecule is CN(C)C(=O)NC[C@H]1CN(S(C)(=O)=O)Cc2ccnn21. The second-order valence-corrected chi connectivity index (χ2v) is 7.04. The van der Waals surface area contributed by atoms with Crippen molar-refractivity contribution in [3.05, 3.63) is 18.0 Å². The zero-order chi connectivity index (χ0) is 14.9. The lowest BCUT2D eigenvalue weighted by Crippen LogP contribution is -2.46. The maximum absolute atomic E-state index is 11.7. The number of carbonyl (C=O) groups is 1. The van der Waals surface area contributed by atoms with E-state index in [-0.39, 0.29) is 12.1 Å². The van der Waals surface area contributed by atoms with E-state index in [1.807, 2.05) is 0 Å². The van der Waals surface area contributed by atoms with Crippen LogP contribution in [0.25, 0.3) is 0 Å². The third-order valence-electron chi connectivity index (χ3n) is 3.21. The van der Waals surface area contributed by atoms with Crippen molar-refractivity contribution in [1.82, 2.24) is 24.3 Å². The third-order valence-corrected chi connectivity index (χ3v) is 4.43. The van der Waals surface area contributed by atoms with E-state index in [2.05, 4.69) is 10.4 Å². The molecule has 8 nitrogen and oxygen atoms in total. The van der Waals surface area contributed by atoms with Crippen LogP contribution >= 0.6 is 0 Å². The average molecular weight is 301 g/mol. The van der Waals surface area contributed by atoms with Gasteiger partial charge >= 0.3 is 6.03 Å². The van der Waals surface area contributed by atoms with Crippen molar-refractivity contribution < 1.29 is 13.2 Å². The molecule has 1 aliphatic rings. The summed E-state index contributed by atoms with van der Waals surface area (Å²) in [7, 11) is 0.0371. The minimum absolute atomic E-state index is 0.202. The molecule has 20 heavy (non-hydrogen) atoms. The van der Waals surface area contributed by atoms with Gasteiger partial charge in [-0.3, -0.25) is 4.68 Å². The average Bonchev–Trinajstić information content (AvgIpc) is 2.82. The number of fused-ring (bicyclic) bond motifs is 1. The van der Waals surface area contributed by atoms with Crippen LogP contribution in [-0.2, 0) is 16.6 Å². The molecule has 9 heteroatoms. The Hall–Kier alpha value is -1.61. The Morgan fingerprint density at radius 3 is 2.85 bits per heavy atom. The Labute approximate surface area is 118 Å². The van der Waals surface area contributed by atoms with E-state index >= 15 is 0 Å². The Bertz CT molecular complexity index is 595. The number of rotatable bonds is 3. The first kappa shape index (κ1) is 14.8. The third kappa shape index (κ3) is 3.10. The van der Waals surface area contributed by atoms with E-state index in [4.69, 9.17) is 0 Å². The van der Waals surface area contributed by atoms with Gasteiger partial charge in [-0.05, 0) is 6.07 Å². The first-order chi connectivity index (χ1) is 9.29. The van der Waals surface area contributed by atoms with Gasteiger partial charge < -0.3 is 10.2 Å². The van der Waals surface area contributed by atoms with Crippen molar-refractivity contribution >= 4 is 16.1 Å². The van der Waals surface area contributed by atoms with Crippen molar-refractivity contribution in [3.63, 3.8) is 0 Å². The lowest BCUT2D eigenvalue weighted by molar-refractivity contribution is 0.209. The second kappa shape index (κ2) is 5.41. The molecule has 1 aliphatic heterocycles. The molecule has 1 atom stereocenters. The predicted octanol–water partition coefficient (Wildman–Crippen LogP) is -0.529. The minimum Gasteiger partial charge on any atom is -0.336 e. The van der Waals surface area contributed by atoms with Gasteiger partial charge in [-0.15, -0.1) is 0 Å². The zero-order valence-corrected chi connectivity index (χ0v) is 12.6. The van der Waals surface area contributed by atoms with Crippen LogP contribution in [0.1, 0.15) is 11.7 Å². The normalized spacial score (nSPS) is 19.4. The van der Waals surface area contributed by atoms with Gasteiger partial charge in [-0.2, -0.15) is 9.40 Å². The zero-order valence-electron chi connectivity index (χ0n) is 11.8. The van der Waals surface area contributed by atoms with Crippen LogP contribution in [0.15, 0.2) is 12.3 Å². The largest absolute Gasteiger partial charge is 0.336 e. The highest BCUT2D eigenvalue weighted by Crippen LogP contribution is 2.21. The van der Waals surface area contributed by atoms with Gasteiger partial charge in [0.15, 0.2) is 0 Å². The molecular weight excluding hydrogens is 282 g/mol. The molecule has 0 saturated carbocycles. The van der Waals surface area contributed by atoms with Crippen LogP contribution in [0.4, 0.5) is 4.79 Å². The number of aromatic nitrogens is 2. The summed E-state index contributed by atoms with van der Waals surface area (Å²) in [5, 5.41) is 6.97. The molecule has 0 unspecified atom stereocenters. The molecule has 0 aliphatic carbocycles. The molecule has 1 N–H and O–H groups in total. The molecule has 112 valence electrons. The van der Waals surface area contributed by atoms with Gasteiger partial charge in [0, 0.05) is 33.4 Å². The van der Waals surface area contributed by atoms with Gasteiger partial charge in [0.25, 0.3) is 0 Å². The summed E-state index contributed by atoms with van der Waals surface area (Å²) in [6, 6.07) is 1.38. The molecule has 2 amide bonds. The Kier molecular flexibility index (Phi) is 4.00. The highest BCUT2D eigenvalue weighted by Gasteiger charge is 2.30. The van der Waals surface area contributed by atoms with Gasteiger partial charge in [0.1, 0.15) is 0 Å². The Morgan fingerprint density at radius 2 is 2.25 bits per heavy atom. The van der Waals surface area contributed by atoms with Crippen LogP contribution in [0.5, 0.6) is 0 Å². The van der Waals surface area contributed by atoms with Crippen molar-refractivity contribution in [2.24, 2.45) is 0 Å². The summed E-state index contributed by atoms with van der Waals surface area (Å²) in [5.74, 6) is 0. The lowest BCUT2D eigenvalue weighted by Gasteiger charge is -2.32. The van der Waals surface area contributed by atoms with Crippen molar-refractivity contribution in [2.75, 3.05) is 33.4 Å². The molecule has 0 spiro atoms. The summed E-state index contributed by atoms with van der Waals surface area (Å²) in [4.78, 5) is 13.0. The van der Waals surface area contributed by atoms with Crippen LogP contribution < -0.4 is 5.32 Å². The Morgan fingerprint density at radius 1 is 1.55 bits per heavy atom. The van der Waals surface area contributed by atoms with E-state index in [1.54, 1.807) is 31.0 Å². The second-order valence-electron chi connectivity index (χ2n) is 5.06. The molecule has 1 aromatic heterocycles. The maximum atomic E-state index is 11.7. The van der Waals surface area contributed by atoms with E-state index in [9.17, 15) is 13.2 Å². The fourth-order valence-corrected chi connectivity index (χ4v) is 2.93. The smallest absolute Gasteiger partial charge is 0.316 e. The number of amides is 2. The lowest BCUT2D eigenvalue weighted by atomic mass is 10.2. The van der Waals surface area contributed by atoms with Gasteiger partial charge in [-0.25, -0.2) is 13.2 Å². The molecule has 2 heterocycles. The summed E-state index contributed by atoms with van der Waals surface area (Å²) >= 11 is 0. The van der Waals surface area contributed by atoms with Crippen LogP contribution in [0.3, 0.4) is 0 Å². The molecule has 0 fully saturated rings. The molecular formula is C11H19N5O3S.